The van der Waals surface area contributed by atoms with Crippen LogP contribution in [0.2, 0.25) is 0 Å². The Bertz CT molecular complexity index is 383. The Hall–Kier alpha value is -0.710. The number of alkyl halides is 1. The molecule has 1 N–H and O–H groups in total. The lowest BCUT2D eigenvalue weighted by molar-refractivity contribution is 0.284. The molecule has 2 nitrogen and oxygen atoms in total. The number of halogens is 1. The number of hydrogen-bond donors (Lipinski definition) is 1. The van der Waals surface area contributed by atoms with Crippen LogP contribution in [0.15, 0.2) is 30.9 Å². The zero-order chi connectivity index (χ0) is 13.1. The molecule has 0 spiro atoms. The van der Waals surface area contributed by atoms with E-state index in [-0.39, 0.29) is 6.61 Å². The highest BCUT2D eigenvalue weighted by Crippen LogP contribution is 2.18. The molecule has 0 aromatic carbocycles. The largest absolute Gasteiger partial charge is 0.391 e. The lowest BCUT2D eigenvalue weighted by Crippen LogP contribution is -1.80. The SMILES string of the molecule is C/C=C\CBr.C=C/C=C/c1nc(C)c(CO)s1. The van der Waals surface area contributed by atoms with Crippen molar-refractivity contribution in [2.45, 2.75) is 20.5 Å². The molecule has 0 atom stereocenters. The van der Waals surface area contributed by atoms with Crippen molar-refractivity contribution in [3.05, 3.63) is 46.5 Å². The topological polar surface area (TPSA) is 33.1 Å². The summed E-state index contributed by atoms with van der Waals surface area (Å²) in [6, 6.07) is 0. The number of allylic oxidation sites excluding steroid dienone is 4. The molecule has 0 amide bonds. The van der Waals surface area contributed by atoms with E-state index < -0.39 is 0 Å². The van der Waals surface area contributed by atoms with E-state index in [1.54, 1.807) is 6.08 Å². The number of thiazole rings is 1. The molecule has 0 aliphatic rings. The van der Waals surface area contributed by atoms with E-state index in [4.69, 9.17) is 5.11 Å². The number of aryl methyl sites for hydroxylation is 1. The van der Waals surface area contributed by atoms with Gasteiger partial charge < -0.3 is 5.11 Å². The average molecular weight is 316 g/mol. The number of aliphatic hydroxyl groups is 1. The van der Waals surface area contributed by atoms with Gasteiger partial charge in [0.05, 0.1) is 17.2 Å². The molecule has 0 aliphatic heterocycles. The Morgan fingerprint density at radius 3 is 2.59 bits per heavy atom. The average Bonchev–Trinajstić information content (AvgIpc) is 2.69. The van der Waals surface area contributed by atoms with Crippen LogP contribution in [-0.4, -0.2) is 15.4 Å². The summed E-state index contributed by atoms with van der Waals surface area (Å²) >= 11 is 4.73. The molecule has 0 bridgehead atoms. The van der Waals surface area contributed by atoms with Crippen LogP contribution in [0.1, 0.15) is 22.5 Å². The molecule has 4 heteroatoms. The van der Waals surface area contributed by atoms with E-state index in [0.29, 0.717) is 0 Å². The van der Waals surface area contributed by atoms with Gasteiger partial charge in [0.15, 0.2) is 0 Å². The van der Waals surface area contributed by atoms with Gasteiger partial charge in [0.25, 0.3) is 0 Å². The zero-order valence-electron chi connectivity index (χ0n) is 10.2. The van der Waals surface area contributed by atoms with Crippen molar-refractivity contribution in [3.63, 3.8) is 0 Å². The van der Waals surface area contributed by atoms with Gasteiger partial charge in [0.1, 0.15) is 5.01 Å². The maximum absolute atomic E-state index is 8.88. The predicted octanol–water partition coefficient (Wildman–Crippen LogP) is 4.10. The van der Waals surface area contributed by atoms with E-state index in [0.717, 1.165) is 20.9 Å². The summed E-state index contributed by atoms with van der Waals surface area (Å²) in [5.41, 5.74) is 0.909. The minimum Gasteiger partial charge on any atom is -0.391 e. The van der Waals surface area contributed by atoms with Gasteiger partial charge in [-0.25, -0.2) is 4.98 Å². The fourth-order valence-corrected chi connectivity index (χ4v) is 2.12. The number of rotatable bonds is 4. The molecule has 0 saturated heterocycles. The van der Waals surface area contributed by atoms with Gasteiger partial charge in [-0.05, 0) is 19.9 Å². The van der Waals surface area contributed by atoms with Crippen molar-refractivity contribution in [2.75, 3.05) is 5.33 Å². The molecule has 1 aromatic heterocycles. The van der Waals surface area contributed by atoms with Crippen LogP contribution in [0, 0.1) is 6.92 Å². The Morgan fingerprint density at radius 2 is 2.24 bits per heavy atom. The summed E-state index contributed by atoms with van der Waals surface area (Å²) < 4.78 is 0. The molecule has 0 unspecified atom stereocenters. The van der Waals surface area contributed by atoms with Crippen LogP contribution in [0.25, 0.3) is 6.08 Å². The first-order chi connectivity index (χ1) is 8.19. The molecule has 94 valence electrons. The van der Waals surface area contributed by atoms with Gasteiger partial charge in [-0.2, -0.15) is 0 Å². The highest BCUT2D eigenvalue weighted by Gasteiger charge is 2.02. The van der Waals surface area contributed by atoms with Crippen LogP contribution in [0.4, 0.5) is 0 Å². The van der Waals surface area contributed by atoms with Gasteiger partial charge in [0.2, 0.25) is 0 Å². The fraction of sp³-hybridized carbons (Fsp3) is 0.308. The molecule has 0 fully saturated rings. The molecule has 0 saturated carbocycles. The van der Waals surface area contributed by atoms with Gasteiger partial charge in [0, 0.05) is 5.33 Å². The quantitative estimate of drug-likeness (QED) is 0.515. The summed E-state index contributed by atoms with van der Waals surface area (Å²) in [6.07, 6.45) is 9.47. The van der Waals surface area contributed by atoms with Crippen LogP contribution < -0.4 is 0 Å². The third-order valence-electron chi connectivity index (χ3n) is 1.75. The minimum absolute atomic E-state index is 0.0748. The first kappa shape index (κ1) is 16.3. The lowest BCUT2D eigenvalue weighted by Gasteiger charge is -1.85. The smallest absolute Gasteiger partial charge is 0.116 e. The maximum atomic E-state index is 8.88. The summed E-state index contributed by atoms with van der Waals surface area (Å²) in [4.78, 5) is 5.17. The Balaban J connectivity index is 0.000000437. The Labute approximate surface area is 116 Å². The molecule has 17 heavy (non-hydrogen) atoms. The highest BCUT2D eigenvalue weighted by atomic mass is 79.9. The second-order valence-electron chi connectivity index (χ2n) is 3.04. The Morgan fingerprint density at radius 1 is 1.53 bits per heavy atom. The number of nitrogens with zero attached hydrogens (tertiary/aromatic N) is 1. The molecule has 0 aliphatic carbocycles. The number of aliphatic hydroxyl groups excluding tert-OH is 1. The Kier molecular flexibility index (Phi) is 10.0. The summed E-state index contributed by atoms with van der Waals surface area (Å²) in [7, 11) is 0. The van der Waals surface area contributed by atoms with Crippen molar-refractivity contribution in [2.24, 2.45) is 0 Å². The van der Waals surface area contributed by atoms with Crippen LogP contribution in [0.3, 0.4) is 0 Å². The van der Waals surface area contributed by atoms with Crippen molar-refractivity contribution >= 4 is 33.3 Å². The molecule has 0 radical (unpaired) electrons. The summed E-state index contributed by atoms with van der Waals surface area (Å²) in [6.45, 7) is 7.54. The van der Waals surface area contributed by atoms with Crippen LogP contribution in [0.5, 0.6) is 0 Å². The van der Waals surface area contributed by atoms with Gasteiger partial charge in [-0.1, -0.05) is 46.8 Å². The second kappa shape index (κ2) is 10.4. The summed E-state index contributed by atoms with van der Waals surface area (Å²) in [5.74, 6) is 0. The first-order valence-electron chi connectivity index (χ1n) is 5.23. The predicted molar refractivity (Wildman–Crippen MR) is 80.6 cm³/mol. The van der Waals surface area contributed by atoms with Crippen LogP contribution in [-0.2, 0) is 6.61 Å². The normalized spacial score (nSPS) is 10.6. The third-order valence-corrected chi connectivity index (χ3v) is 3.23. The van der Waals surface area contributed by atoms with Crippen molar-refractivity contribution in [3.8, 4) is 0 Å². The molecule has 1 rings (SSSR count). The minimum atomic E-state index is 0.0748. The highest BCUT2D eigenvalue weighted by molar-refractivity contribution is 9.09. The molecular formula is C13H18BrNOS. The van der Waals surface area contributed by atoms with Crippen molar-refractivity contribution < 1.29 is 5.11 Å². The molecule has 1 heterocycles. The monoisotopic (exact) mass is 315 g/mol. The number of hydrogen-bond acceptors (Lipinski definition) is 3. The van der Waals surface area contributed by atoms with Gasteiger partial charge >= 0.3 is 0 Å². The third kappa shape index (κ3) is 7.26. The zero-order valence-corrected chi connectivity index (χ0v) is 12.6. The van der Waals surface area contributed by atoms with Crippen molar-refractivity contribution in [1.82, 2.24) is 4.98 Å². The molecular weight excluding hydrogens is 298 g/mol. The molecule has 1 aromatic rings. The van der Waals surface area contributed by atoms with E-state index in [1.807, 2.05) is 38.2 Å². The lowest BCUT2D eigenvalue weighted by atomic mass is 10.4. The number of aromatic nitrogens is 1. The van der Waals surface area contributed by atoms with Gasteiger partial charge in [-0.15, -0.1) is 11.3 Å². The van der Waals surface area contributed by atoms with E-state index in [1.165, 1.54) is 11.3 Å². The van der Waals surface area contributed by atoms with Crippen molar-refractivity contribution in [1.29, 1.82) is 0 Å². The summed E-state index contributed by atoms with van der Waals surface area (Å²) in [5, 5.41) is 10.8. The maximum Gasteiger partial charge on any atom is 0.116 e. The second-order valence-corrected chi connectivity index (χ2v) is 4.80. The first-order valence-corrected chi connectivity index (χ1v) is 7.16. The standard InChI is InChI=1S/C9H11NOS.C4H7Br/c1-3-4-5-9-10-7(2)8(6-11)12-9;1-2-3-4-5/h3-5,11H,1,6H2,2H3;2-3H,4H2,1H3/b5-4+;3-2-. The van der Waals surface area contributed by atoms with E-state index in [2.05, 4.69) is 27.5 Å². The fourth-order valence-electron chi connectivity index (χ4n) is 0.908. The van der Waals surface area contributed by atoms with Crippen LogP contribution >= 0.6 is 27.3 Å². The van der Waals surface area contributed by atoms with E-state index in [9.17, 15) is 0 Å². The van der Waals surface area contributed by atoms with Gasteiger partial charge in [-0.3, -0.25) is 0 Å². The van der Waals surface area contributed by atoms with E-state index >= 15 is 0 Å².